The summed E-state index contributed by atoms with van der Waals surface area (Å²) in [7, 11) is 1.96. The standard InChI is InChI=1S/C9H12N2.2C2H6/c1-4-6-8-9(5-2)11(3)7-10-8;2*1-2/h4-7H,2H2,1,3H3;2*1-2H3/b6-4-;;. The molecular weight excluding hydrogens is 184 g/mol. The fourth-order valence-electron chi connectivity index (χ4n) is 0.993. The van der Waals surface area contributed by atoms with Gasteiger partial charge in [0.25, 0.3) is 0 Å². The first kappa shape index (κ1) is 16.1. The molecule has 0 unspecified atom stereocenters. The number of hydrogen-bond acceptors (Lipinski definition) is 1. The Balaban J connectivity index is 0. The Kier molecular flexibility index (Phi) is 11.6. The molecule has 0 fully saturated rings. The Labute approximate surface area is 94.4 Å². The lowest BCUT2D eigenvalue weighted by molar-refractivity contribution is 0.902. The highest BCUT2D eigenvalue weighted by Gasteiger charge is 1.99. The summed E-state index contributed by atoms with van der Waals surface area (Å²) in [4.78, 5) is 4.18. The van der Waals surface area contributed by atoms with Crippen molar-refractivity contribution >= 4 is 12.2 Å². The van der Waals surface area contributed by atoms with E-state index >= 15 is 0 Å². The molecule has 0 aliphatic heterocycles. The molecule has 0 bridgehead atoms. The molecule has 0 saturated heterocycles. The molecule has 0 aromatic carbocycles. The maximum Gasteiger partial charge on any atom is 0.0955 e. The predicted molar refractivity (Wildman–Crippen MR) is 70.7 cm³/mol. The Morgan fingerprint density at radius 1 is 1.27 bits per heavy atom. The maximum atomic E-state index is 4.18. The second-order valence-electron chi connectivity index (χ2n) is 2.33. The zero-order valence-electron chi connectivity index (χ0n) is 10.9. The molecule has 86 valence electrons. The third-order valence-electron chi connectivity index (χ3n) is 1.53. The SMILES string of the molecule is C=Cc1c(/C=C\C)ncn1C.CC.CC. The van der Waals surface area contributed by atoms with Crippen LogP contribution in [0.15, 0.2) is 19.0 Å². The molecule has 0 amide bonds. The third-order valence-corrected chi connectivity index (χ3v) is 1.53. The number of aromatic nitrogens is 2. The van der Waals surface area contributed by atoms with Crippen molar-refractivity contribution in [2.75, 3.05) is 0 Å². The van der Waals surface area contributed by atoms with Gasteiger partial charge in [0.1, 0.15) is 0 Å². The number of imidazole rings is 1. The number of allylic oxidation sites excluding steroid dienone is 1. The van der Waals surface area contributed by atoms with Crippen LogP contribution in [0.4, 0.5) is 0 Å². The molecule has 0 N–H and O–H groups in total. The normalized spacial score (nSPS) is 8.67. The minimum atomic E-state index is 0.977. The summed E-state index contributed by atoms with van der Waals surface area (Å²) in [6.07, 6.45) is 7.53. The molecule has 1 rings (SSSR count). The molecule has 0 aliphatic rings. The highest BCUT2D eigenvalue weighted by atomic mass is 15.0. The van der Waals surface area contributed by atoms with E-state index in [0.717, 1.165) is 11.4 Å². The van der Waals surface area contributed by atoms with Crippen LogP contribution in [0.1, 0.15) is 46.0 Å². The quantitative estimate of drug-likeness (QED) is 0.714. The molecule has 0 atom stereocenters. The summed E-state index contributed by atoms with van der Waals surface area (Å²) in [6.45, 7) is 13.7. The summed E-state index contributed by atoms with van der Waals surface area (Å²) >= 11 is 0. The number of hydrogen-bond donors (Lipinski definition) is 0. The van der Waals surface area contributed by atoms with Crippen LogP contribution in [0.3, 0.4) is 0 Å². The first-order valence-electron chi connectivity index (χ1n) is 5.56. The van der Waals surface area contributed by atoms with Gasteiger partial charge in [-0.1, -0.05) is 40.3 Å². The molecule has 1 heterocycles. The van der Waals surface area contributed by atoms with E-state index in [1.165, 1.54) is 0 Å². The van der Waals surface area contributed by atoms with Gasteiger partial charge in [-0.2, -0.15) is 0 Å². The van der Waals surface area contributed by atoms with Crippen LogP contribution < -0.4 is 0 Å². The molecular formula is C13H24N2. The fourth-order valence-corrected chi connectivity index (χ4v) is 0.993. The van der Waals surface area contributed by atoms with Crippen molar-refractivity contribution in [2.45, 2.75) is 34.6 Å². The van der Waals surface area contributed by atoms with E-state index in [0.29, 0.717) is 0 Å². The van der Waals surface area contributed by atoms with Crippen molar-refractivity contribution in [1.29, 1.82) is 0 Å². The van der Waals surface area contributed by atoms with Gasteiger partial charge in [-0.15, -0.1) is 0 Å². The van der Waals surface area contributed by atoms with Gasteiger partial charge in [-0.25, -0.2) is 4.98 Å². The van der Waals surface area contributed by atoms with Crippen LogP contribution in [0.5, 0.6) is 0 Å². The lowest BCUT2D eigenvalue weighted by Gasteiger charge is -1.94. The molecule has 0 saturated carbocycles. The van der Waals surface area contributed by atoms with E-state index < -0.39 is 0 Å². The summed E-state index contributed by atoms with van der Waals surface area (Å²) in [5, 5.41) is 0. The smallest absolute Gasteiger partial charge is 0.0955 e. The molecule has 2 nitrogen and oxygen atoms in total. The fraction of sp³-hybridized carbons (Fsp3) is 0.462. The molecule has 15 heavy (non-hydrogen) atoms. The summed E-state index contributed by atoms with van der Waals surface area (Å²) < 4.78 is 1.95. The number of nitrogens with zero attached hydrogens (tertiary/aromatic N) is 2. The number of rotatable bonds is 2. The summed E-state index contributed by atoms with van der Waals surface area (Å²) in [5.74, 6) is 0. The van der Waals surface area contributed by atoms with E-state index in [-0.39, 0.29) is 0 Å². The maximum absolute atomic E-state index is 4.18. The Morgan fingerprint density at radius 3 is 2.20 bits per heavy atom. The third kappa shape index (κ3) is 5.21. The minimum absolute atomic E-state index is 0.977. The van der Waals surface area contributed by atoms with Crippen LogP contribution in [0, 0.1) is 0 Å². The van der Waals surface area contributed by atoms with Gasteiger partial charge in [0.05, 0.1) is 17.7 Å². The molecule has 0 spiro atoms. The second-order valence-corrected chi connectivity index (χ2v) is 2.33. The van der Waals surface area contributed by atoms with Crippen LogP contribution in [-0.2, 0) is 7.05 Å². The minimum Gasteiger partial charge on any atom is -0.334 e. The summed E-state index contributed by atoms with van der Waals surface area (Å²) in [5.41, 5.74) is 2.04. The second kappa shape index (κ2) is 10.8. The van der Waals surface area contributed by atoms with E-state index in [4.69, 9.17) is 0 Å². The van der Waals surface area contributed by atoms with Gasteiger partial charge in [0.15, 0.2) is 0 Å². The zero-order chi connectivity index (χ0) is 12.3. The summed E-state index contributed by atoms with van der Waals surface area (Å²) in [6, 6.07) is 0. The van der Waals surface area contributed by atoms with Gasteiger partial charge in [-0.05, 0) is 19.1 Å². The average Bonchev–Trinajstić information content (AvgIpc) is 2.65. The van der Waals surface area contributed by atoms with E-state index in [2.05, 4.69) is 11.6 Å². The van der Waals surface area contributed by atoms with Gasteiger partial charge in [-0.3, -0.25) is 0 Å². The Hall–Kier alpha value is -1.31. The van der Waals surface area contributed by atoms with Crippen LogP contribution >= 0.6 is 0 Å². The number of aryl methyl sites for hydroxylation is 1. The van der Waals surface area contributed by atoms with E-state index in [9.17, 15) is 0 Å². The zero-order valence-corrected chi connectivity index (χ0v) is 10.9. The van der Waals surface area contributed by atoms with E-state index in [1.807, 2.05) is 64.5 Å². The van der Waals surface area contributed by atoms with Crippen molar-refractivity contribution in [1.82, 2.24) is 9.55 Å². The van der Waals surface area contributed by atoms with Gasteiger partial charge in [0, 0.05) is 7.05 Å². The van der Waals surface area contributed by atoms with Crippen molar-refractivity contribution in [3.8, 4) is 0 Å². The van der Waals surface area contributed by atoms with Crippen molar-refractivity contribution < 1.29 is 0 Å². The van der Waals surface area contributed by atoms with E-state index in [1.54, 1.807) is 6.33 Å². The molecule has 2 heteroatoms. The first-order chi connectivity index (χ1) is 7.29. The largest absolute Gasteiger partial charge is 0.334 e. The van der Waals surface area contributed by atoms with Crippen molar-refractivity contribution in [3.63, 3.8) is 0 Å². The monoisotopic (exact) mass is 208 g/mol. The van der Waals surface area contributed by atoms with Crippen molar-refractivity contribution in [3.05, 3.63) is 30.4 Å². The van der Waals surface area contributed by atoms with Crippen molar-refractivity contribution in [2.24, 2.45) is 7.05 Å². The molecule has 1 aromatic heterocycles. The Morgan fingerprint density at radius 2 is 1.80 bits per heavy atom. The topological polar surface area (TPSA) is 17.8 Å². The lowest BCUT2D eigenvalue weighted by atomic mass is 10.3. The van der Waals surface area contributed by atoms with Gasteiger partial charge in [0.2, 0.25) is 0 Å². The highest BCUT2D eigenvalue weighted by molar-refractivity contribution is 5.58. The van der Waals surface area contributed by atoms with Gasteiger partial charge >= 0.3 is 0 Å². The predicted octanol–water partition coefficient (Wildman–Crippen LogP) is 4.15. The highest BCUT2D eigenvalue weighted by Crippen LogP contribution is 2.08. The molecule has 1 aromatic rings. The van der Waals surface area contributed by atoms with Crippen LogP contribution in [-0.4, -0.2) is 9.55 Å². The van der Waals surface area contributed by atoms with Crippen LogP contribution in [0.25, 0.3) is 12.2 Å². The van der Waals surface area contributed by atoms with Crippen LogP contribution in [0.2, 0.25) is 0 Å². The molecule has 0 radical (unpaired) electrons. The lowest BCUT2D eigenvalue weighted by Crippen LogP contribution is -1.88. The van der Waals surface area contributed by atoms with Gasteiger partial charge < -0.3 is 4.57 Å². The average molecular weight is 208 g/mol. The first-order valence-corrected chi connectivity index (χ1v) is 5.56. The Bertz CT molecular complexity index is 283. The molecule has 0 aliphatic carbocycles.